The number of oxime groups is 1. The number of allylic oxidation sites excluding steroid dienone is 2. The third-order valence-electron chi connectivity index (χ3n) is 7.02. The van der Waals surface area contributed by atoms with Crippen LogP contribution in [0, 0.1) is 11.8 Å². The third-order valence-corrected chi connectivity index (χ3v) is 8.85. The highest BCUT2D eigenvalue weighted by atomic mass is 32.2. The molecule has 1 aromatic carbocycles. The summed E-state index contributed by atoms with van der Waals surface area (Å²) in [7, 11) is 1.52. The molecule has 1 N–H and O–H groups in total. The van der Waals surface area contributed by atoms with Gasteiger partial charge in [0, 0.05) is 44.2 Å². The van der Waals surface area contributed by atoms with E-state index in [0.29, 0.717) is 12.0 Å². The standard InChI is InChI=1S/C24H28N4O6S/c1-27(2)35(31,32)15-6-4-14(5-7-15)17-12-18-21(19-13-28(3)10-8-16(17)19)25-23(29)22(18)26-34-20-9-11-33-24(20)30/h4-7,12,16,19-20H,8-11,13H2,1-3H3,(H,25,26,29)/t16-,19-,20+/m0/s1. The molecule has 0 radical (unpaired) electrons. The molecule has 186 valence electrons. The number of carbonyl (C=O) groups is 2. The number of hydrogen-bond donors (Lipinski definition) is 1. The number of hydrogen-bond acceptors (Lipinski definition) is 8. The van der Waals surface area contributed by atoms with E-state index < -0.39 is 22.1 Å². The van der Waals surface area contributed by atoms with Gasteiger partial charge in [-0.2, -0.15) is 0 Å². The first-order valence-electron chi connectivity index (χ1n) is 11.6. The summed E-state index contributed by atoms with van der Waals surface area (Å²) in [5, 5.41) is 7.06. The van der Waals surface area contributed by atoms with Gasteiger partial charge in [0.25, 0.3) is 5.91 Å². The molecule has 3 heterocycles. The van der Waals surface area contributed by atoms with Crippen molar-refractivity contribution in [1.82, 2.24) is 14.5 Å². The predicted molar refractivity (Wildman–Crippen MR) is 127 cm³/mol. The number of nitrogens with one attached hydrogen (secondary N) is 1. The lowest BCUT2D eigenvalue weighted by atomic mass is 9.72. The number of likely N-dealkylation sites (tertiary alicyclic amines) is 1. The zero-order chi connectivity index (χ0) is 24.9. The number of sulfonamides is 1. The van der Waals surface area contributed by atoms with Crippen LogP contribution in [-0.2, 0) is 29.2 Å². The lowest BCUT2D eigenvalue weighted by Crippen LogP contribution is -2.42. The number of cyclic esters (lactones) is 1. The van der Waals surface area contributed by atoms with Crippen LogP contribution in [0.4, 0.5) is 0 Å². The normalized spacial score (nSPS) is 28.1. The number of esters is 1. The van der Waals surface area contributed by atoms with E-state index in [4.69, 9.17) is 9.57 Å². The molecule has 0 unspecified atom stereocenters. The summed E-state index contributed by atoms with van der Waals surface area (Å²) in [4.78, 5) is 32.5. The monoisotopic (exact) mass is 500 g/mol. The van der Waals surface area contributed by atoms with Gasteiger partial charge in [0.2, 0.25) is 16.1 Å². The number of ether oxygens (including phenoxy) is 1. The minimum Gasteiger partial charge on any atom is -0.463 e. The van der Waals surface area contributed by atoms with Crippen LogP contribution >= 0.6 is 0 Å². The highest BCUT2D eigenvalue weighted by Gasteiger charge is 2.43. The summed E-state index contributed by atoms with van der Waals surface area (Å²) in [6.07, 6.45) is 2.42. The van der Waals surface area contributed by atoms with Gasteiger partial charge in [0.15, 0.2) is 5.71 Å². The molecule has 2 saturated heterocycles. The maximum atomic E-state index is 12.9. The third kappa shape index (κ3) is 4.17. The number of benzene rings is 1. The number of nitrogens with zero attached hydrogens (tertiary/aromatic N) is 3. The molecule has 0 spiro atoms. The smallest absolute Gasteiger partial charge is 0.350 e. The minimum atomic E-state index is -3.54. The van der Waals surface area contributed by atoms with Crippen LogP contribution in [0.25, 0.3) is 5.57 Å². The maximum Gasteiger partial charge on any atom is 0.350 e. The van der Waals surface area contributed by atoms with Crippen LogP contribution < -0.4 is 5.32 Å². The van der Waals surface area contributed by atoms with E-state index >= 15 is 0 Å². The molecule has 11 heteroatoms. The molecule has 4 aliphatic rings. The topological polar surface area (TPSA) is 118 Å². The summed E-state index contributed by atoms with van der Waals surface area (Å²) in [6, 6.07) is 6.85. The fourth-order valence-electron chi connectivity index (χ4n) is 5.09. The SMILES string of the molecule is CN1CC[C@H]2C(c3ccc(S(=O)(=O)N(C)C)cc3)=CC3=C(NC(=O)/C3=N/O[C@@H]3CCOC3=O)[C@H]2C1. The Morgan fingerprint density at radius 2 is 1.89 bits per heavy atom. The number of carbonyl (C=O) groups excluding carboxylic acids is 2. The zero-order valence-electron chi connectivity index (χ0n) is 19.9. The van der Waals surface area contributed by atoms with Crippen LogP contribution in [0.1, 0.15) is 18.4 Å². The van der Waals surface area contributed by atoms with Crippen LogP contribution in [0.15, 0.2) is 51.7 Å². The lowest BCUT2D eigenvalue weighted by molar-refractivity contribution is -0.147. The van der Waals surface area contributed by atoms with Crippen molar-refractivity contribution in [3.05, 3.63) is 47.2 Å². The van der Waals surface area contributed by atoms with E-state index in [1.165, 1.54) is 18.4 Å². The Hall–Kier alpha value is -3.02. The Kier molecular flexibility index (Phi) is 6.02. The van der Waals surface area contributed by atoms with Crippen LogP contribution in [0.3, 0.4) is 0 Å². The van der Waals surface area contributed by atoms with E-state index in [-0.39, 0.29) is 35.0 Å². The highest BCUT2D eigenvalue weighted by Crippen LogP contribution is 2.45. The quantitative estimate of drug-likeness (QED) is 0.473. The second-order valence-electron chi connectivity index (χ2n) is 9.45. The van der Waals surface area contributed by atoms with Gasteiger partial charge in [0.1, 0.15) is 0 Å². The largest absolute Gasteiger partial charge is 0.463 e. The molecular formula is C24H28N4O6S. The molecule has 1 aliphatic carbocycles. The van der Waals surface area contributed by atoms with E-state index in [9.17, 15) is 18.0 Å². The number of amides is 1. The van der Waals surface area contributed by atoms with Crippen molar-refractivity contribution >= 4 is 33.2 Å². The number of rotatable bonds is 5. The van der Waals surface area contributed by atoms with Crippen molar-refractivity contribution in [2.45, 2.75) is 23.8 Å². The molecule has 3 aliphatic heterocycles. The van der Waals surface area contributed by atoms with E-state index in [0.717, 1.165) is 36.3 Å². The summed E-state index contributed by atoms with van der Waals surface area (Å²) < 4.78 is 31.1. The fraction of sp³-hybridized carbons (Fsp3) is 0.458. The molecule has 2 fully saturated rings. The lowest BCUT2D eigenvalue weighted by Gasteiger charge is -2.41. The Morgan fingerprint density at radius 3 is 2.54 bits per heavy atom. The van der Waals surface area contributed by atoms with E-state index in [2.05, 4.69) is 22.4 Å². The number of piperidine rings is 1. The molecule has 0 saturated carbocycles. The second kappa shape index (κ2) is 8.89. The van der Waals surface area contributed by atoms with Gasteiger partial charge < -0.3 is 19.8 Å². The molecule has 10 nitrogen and oxygen atoms in total. The van der Waals surface area contributed by atoms with Crippen LogP contribution in [0.5, 0.6) is 0 Å². The van der Waals surface area contributed by atoms with Crippen LogP contribution in [-0.4, -0.2) is 82.2 Å². The van der Waals surface area contributed by atoms with Gasteiger partial charge in [-0.1, -0.05) is 17.3 Å². The van der Waals surface area contributed by atoms with E-state index in [1.807, 2.05) is 18.2 Å². The molecule has 0 aromatic heterocycles. The summed E-state index contributed by atoms with van der Waals surface area (Å²) in [6.45, 7) is 1.95. The Balaban J connectivity index is 1.53. The summed E-state index contributed by atoms with van der Waals surface area (Å²) in [5.74, 6) is -0.643. The summed E-state index contributed by atoms with van der Waals surface area (Å²) >= 11 is 0. The van der Waals surface area contributed by atoms with Crippen molar-refractivity contribution in [3.8, 4) is 0 Å². The van der Waals surface area contributed by atoms with Crippen molar-refractivity contribution in [1.29, 1.82) is 0 Å². The van der Waals surface area contributed by atoms with Crippen LogP contribution in [0.2, 0.25) is 0 Å². The van der Waals surface area contributed by atoms with Crippen molar-refractivity contribution in [2.24, 2.45) is 17.0 Å². The minimum absolute atomic E-state index is 0.0435. The molecule has 1 amide bonds. The molecular weight excluding hydrogens is 472 g/mol. The van der Waals surface area contributed by atoms with E-state index in [1.54, 1.807) is 12.1 Å². The average molecular weight is 501 g/mol. The molecule has 0 bridgehead atoms. The number of fused-ring (bicyclic) bond motifs is 2. The Labute approximate surface area is 204 Å². The Morgan fingerprint density at radius 1 is 1.14 bits per heavy atom. The average Bonchev–Trinajstić information content (AvgIpc) is 3.38. The molecule has 1 aromatic rings. The van der Waals surface area contributed by atoms with Crippen molar-refractivity contribution in [2.75, 3.05) is 40.8 Å². The first-order valence-corrected chi connectivity index (χ1v) is 13.0. The fourth-order valence-corrected chi connectivity index (χ4v) is 5.99. The molecule has 5 rings (SSSR count). The maximum absolute atomic E-state index is 12.9. The van der Waals surface area contributed by atoms with Crippen molar-refractivity contribution in [3.63, 3.8) is 0 Å². The zero-order valence-corrected chi connectivity index (χ0v) is 20.7. The molecule has 3 atom stereocenters. The van der Waals surface area contributed by atoms with Gasteiger partial charge >= 0.3 is 5.97 Å². The first kappa shape index (κ1) is 23.7. The highest BCUT2D eigenvalue weighted by molar-refractivity contribution is 7.89. The van der Waals surface area contributed by atoms with Gasteiger partial charge in [-0.25, -0.2) is 17.5 Å². The first-order chi connectivity index (χ1) is 16.7. The second-order valence-corrected chi connectivity index (χ2v) is 11.6. The van der Waals surface area contributed by atoms with Crippen molar-refractivity contribution < 1.29 is 27.6 Å². The van der Waals surface area contributed by atoms with Gasteiger partial charge in [-0.15, -0.1) is 0 Å². The summed E-state index contributed by atoms with van der Waals surface area (Å²) in [5.41, 5.74) is 3.53. The van der Waals surface area contributed by atoms with Gasteiger partial charge in [0.05, 0.1) is 11.5 Å². The Bertz CT molecular complexity index is 1270. The molecule has 35 heavy (non-hydrogen) atoms. The van der Waals surface area contributed by atoms with Gasteiger partial charge in [-0.3, -0.25) is 4.79 Å². The predicted octanol–water partition coefficient (Wildman–Crippen LogP) is 0.974. The van der Waals surface area contributed by atoms with Gasteiger partial charge in [-0.05, 0) is 55.3 Å².